The highest BCUT2D eigenvalue weighted by Gasteiger charge is 2.32. The molecule has 0 unspecified atom stereocenters. The summed E-state index contributed by atoms with van der Waals surface area (Å²) in [6.07, 6.45) is -2.74. The number of allylic oxidation sites excluding steroid dienone is 1. The number of nitrogens with zero attached hydrogens (tertiary/aromatic N) is 5. The monoisotopic (exact) mass is 508 g/mol. The van der Waals surface area contributed by atoms with Crippen molar-refractivity contribution in [1.82, 2.24) is 24.5 Å². The van der Waals surface area contributed by atoms with Gasteiger partial charge in [0.05, 0.1) is 29.5 Å². The first-order valence-corrected chi connectivity index (χ1v) is 11.3. The summed E-state index contributed by atoms with van der Waals surface area (Å²) in [5.41, 5.74) is 6.87. The standard InChI is InChI=1S/C23H28F4N8O/c1-33-7-6-18(16(24)11-33)30-17-4-3-5-19-15(17)8-20(35(19)13-23(25,26)27)22-31-21(36-32-22)12-34(2)14(9-28)10-29/h3-5,8-10,16,18,28,30H,6-7,11-13,29H2,1-2H3/b14-10+,28-9?/t16-,18+/m0/s1. The summed E-state index contributed by atoms with van der Waals surface area (Å²) in [5.74, 6) is 0.128. The van der Waals surface area contributed by atoms with Gasteiger partial charge in [-0.1, -0.05) is 11.2 Å². The van der Waals surface area contributed by atoms with Crippen molar-refractivity contribution in [3.63, 3.8) is 0 Å². The van der Waals surface area contributed by atoms with Crippen molar-refractivity contribution in [3.05, 3.63) is 42.1 Å². The summed E-state index contributed by atoms with van der Waals surface area (Å²) in [5, 5.41) is 15.0. The van der Waals surface area contributed by atoms with E-state index in [0.717, 1.165) is 10.8 Å². The lowest BCUT2D eigenvalue weighted by molar-refractivity contribution is -0.139. The van der Waals surface area contributed by atoms with Crippen LogP contribution in [0.5, 0.6) is 0 Å². The van der Waals surface area contributed by atoms with Crippen LogP contribution in [0.15, 0.2) is 40.7 Å². The number of hydrogen-bond acceptors (Lipinski definition) is 8. The summed E-state index contributed by atoms with van der Waals surface area (Å²) < 4.78 is 61.7. The van der Waals surface area contributed by atoms with Gasteiger partial charge in [-0.25, -0.2) is 4.39 Å². The molecule has 9 nitrogen and oxygen atoms in total. The number of halogens is 4. The molecule has 36 heavy (non-hydrogen) atoms. The molecule has 0 saturated carbocycles. The van der Waals surface area contributed by atoms with Gasteiger partial charge >= 0.3 is 6.18 Å². The summed E-state index contributed by atoms with van der Waals surface area (Å²) >= 11 is 0. The predicted molar refractivity (Wildman–Crippen MR) is 128 cm³/mol. The Hall–Kier alpha value is -3.61. The van der Waals surface area contributed by atoms with E-state index in [1.54, 1.807) is 36.2 Å². The van der Waals surface area contributed by atoms with Crippen LogP contribution in [0.3, 0.4) is 0 Å². The maximum absolute atomic E-state index is 14.7. The van der Waals surface area contributed by atoms with Gasteiger partial charge < -0.3 is 35.3 Å². The Labute approximate surface area is 205 Å². The normalized spacial score (nSPS) is 19.6. The minimum Gasteiger partial charge on any atom is -0.403 e. The van der Waals surface area contributed by atoms with Gasteiger partial charge in [0.15, 0.2) is 0 Å². The molecule has 0 bridgehead atoms. The maximum Gasteiger partial charge on any atom is 0.406 e. The van der Waals surface area contributed by atoms with Gasteiger partial charge in [-0.3, -0.25) is 0 Å². The highest BCUT2D eigenvalue weighted by atomic mass is 19.4. The van der Waals surface area contributed by atoms with E-state index >= 15 is 0 Å². The molecule has 2 aromatic heterocycles. The number of anilines is 1. The number of hydrogen-bond donors (Lipinski definition) is 3. The lowest BCUT2D eigenvalue weighted by atomic mass is 10.0. The summed E-state index contributed by atoms with van der Waals surface area (Å²) in [7, 11) is 3.51. The fourth-order valence-electron chi connectivity index (χ4n) is 4.37. The first-order chi connectivity index (χ1) is 17.1. The van der Waals surface area contributed by atoms with Crippen LogP contribution >= 0.6 is 0 Å². The zero-order chi connectivity index (χ0) is 26.0. The minimum atomic E-state index is -4.50. The Balaban J connectivity index is 1.71. The summed E-state index contributed by atoms with van der Waals surface area (Å²) in [6, 6.07) is 6.05. The smallest absolute Gasteiger partial charge is 0.403 e. The Morgan fingerprint density at radius 2 is 2.17 bits per heavy atom. The molecule has 0 aliphatic carbocycles. The molecule has 4 rings (SSSR count). The number of nitrogens with one attached hydrogen (secondary N) is 2. The van der Waals surface area contributed by atoms with Gasteiger partial charge in [-0.15, -0.1) is 0 Å². The zero-order valence-electron chi connectivity index (χ0n) is 19.9. The molecule has 13 heteroatoms. The van der Waals surface area contributed by atoms with Crippen LogP contribution in [-0.4, -0.2) is 76.3 Å². The van der Waals surface area contributed by atoms with E-state index in [0.29, 0.717) is 35.3 Å². The Bertz CT molecular complexity index is 1250. The topological polar surface area (TPSA) is 112 Å². The maximum atomic E-state index is 14.7. The van der Waals surface area contributed by atoms with Crippen molar-refractivity contribution in [1.29, 1.82) is 5.41 Å². The molecule has 194 valence electrons. The first-order valence-electron chi connectivity index (χ1n) is 11.3. The van der Waals surface area contributed by atoms with Crippen LogP contribution in [0.1, 0.15) is 12.3 Å². The second-order valence-corrected chi connectivity index (χ2v) is 8.89. The van der Waals surface area contributed by atoms with Gasteiger partial charge in [0, 0.05) is 43.6 Å². The van der Waals surface area contributed by atoms with Crippen LogP contribution < -0.4 is 11.1 Å². The third-order valence-electron chi connectivity index (χ3n) is 6.20. The number of rotatable bonds is 8. The number of aromatic nitrogens is 3. The van der Waals surface area contributed by atoms with Crippen molar-refractivity contribution in [2.75, 3.05) is 32.5 Å². The second kappa shape index (κ2) is 10.2. The quantitative estimate of drug-likeness (QED) is 0.315. The molecule has 0 spiro atoms. The van der Waals surface area contributed by atoms with Gasteiger partial charge in [0.25, 0.3) is 0 Å². The van der Waals surface area contributed by atoms with E-state index in [1.807, 2.05) is 11.9 Å². The predicted octanol–water partition coefficient (Wildman–Crippen LogP) is 3.59. The molecule has 1 saturated heterocycles. The number of alkyl halides is 4. The van der Waals surface area contributed by atoms with E-state index in [2.05, 4.69) is 15.5 Å². The molecular formula is C23H28F4N8O. The highest BCUT2D eigenvalue weighted by molar-refractivity contribution is 5.96. The van der Waals surface area contributed by atoms with E-state index in [1.165, 1.54) is 6.20 Å². The lowest BCUT2D eigenvalue weighted by Crippen LogP contribution is -2.46. The van der Waals surface area contributed by atoms with Crippen LogP contribution in [0.2, 0.25) is 0 Å². The number of nitrogens with two attached hydrogens (primary N) is 1. The third kappa shape index (κ3) is 5.45. The van der Waals surface area contributed by atoms with Gasteiger partial charge in [0.2, 0.25) is 11.7 Å². The molecule has 4 N–H and O–H groups in total. The fourth-order valence-corrected chi connectivity index (χ4v) is 4.37. The molecule has 0 amide bonds. The molecule has 0 radical (unpaired) electrons. The molecule has 3 aromatic rings. The first kappa shape index (κ1) is 25.5. The summed E-state index contributed by atoms with van der Waals surface area (Å²) in [4.78, 5) is 7.78. The zero-order valence-corrected chi connectivity index (χ0v) is 19.9. The highest BCUT2D eigenvalue weighted by Crippen LogP contribution is 2.35. The molecule has 1 aromatic carbocycles. The SMILES string of the molecule is CN1CC[C@@H](Nc2cccc3c2cc(-c2noc(CN(C)/C(C=N)=C/N)n2)n3CC(F)(F)F)[C@@H](F)C1. The average Bonchev–Trinajstić information content (AvgIpc) is 3.41. The average molecular weight is 509 g/mol. The van der Waals surface area contributed by atoms with E-state index in [-0.39, 0.29) is 30.5 Å². The van der Waals surface area contributed by atoms with Crippen LogP contribution in [0.4, 0.5) is 23.2 Å². The molecule has 1 aliphatic rings. The van der Waals surface area contributed by atoms with Gasteiger partial charge in [0.1, 0.15) is 12.7 Å². The Morgan fingerprint density at radius 3 is 2.83 bits per heavy atom. The molecule has 2 atom stereocenters. The molecular weight excluding hydrogens is 480 g/mol. The van der Waals surface area contributed by atoms with Crippen LogP contribution in [0.25, 0.3) is 22.4 Å². The van der Waals surface area contributed by atoms with Gasteiger partial charge in [-0.2, -0.15) is 18.2 Å². The van der Waals surface area contributed by atoms with Crippen molar-refractivity contribution in [2.24, 2.45) is 5.73 Å². The van der Waals surface area contributed by atoms with Crippen molar-refractivity contribution in [2.45, 2.75) is 37.9 Å². The molecule has 1 aliphatic heterocycles. The Morgan fingerprint density at radius 1 is 1.39 bits per heavy atom. The lowest BCUT2D eigenvalue weighted by Gasteiger charge is -2.33. The van der Waals surface area contributed by atoms with E-state index < -0.39 is 24.9 Å². The largest absolute Gasteiger partial charge is 0.406 e. The van der Waals surface area contributed by atoms with Gasteiger partial charge in [-0.05, 0) is 31.7 Å². The Kier molecular flexibility index (Phi) is 7.20. The number of likely N-dealkylation sites (tertiary alicyclic amines) is 1. The van der Waals surface area contributed by atoms with Crippen LogP contribution in [0, 0.1) is 5.41 Å². The van der Waals surface area contributed by atoms with Crippen LogP contribution in [-0.2, 0) is 13.1 Å². The number of piperidine rings is 1. The van der Waals surface area contributed by atoms with E-state index in [4.69, 9.17) is 15.7 Å². The van der Waals surface area contributed by atoms with Crippen molar-refractivity contribution in [3.8, 4) is 11.5 Å². The molecule has 1 fully saturated rings. The molecule has 3 heterocycles. The fraction of sp³-hybridized carbons (Fsp3) is 0.435. The minimum absolute atomic E-state index is 0.0133. The van der Waals surface area contributed by atoms with Crippen molar-refractivity contribution < 1.29 is 22.1 Å². The summed E-state index contributed by atoms with van der Waals surface area (Å²) in [6.45, 7) is -0.154. The third-order valence-corrected chi connectivity index (χ3v) is 6.20. The van der Waals surface area contributed by atoms with E-state index in [9.17, 15) is 17.6 Å². The number of fused-ring (bicyclic) bond motifs is 1. The second-order valence-electron chi connectivity index (χ2n) is 8.89. The van der Waals surface area contributed by atoms with Crippen molar-refractivity contribution >= 4 is 22.8 Å². The number of benzene rings is 1.